The smallest absolute Gasteiger partial charge is 0.325 e. The zero-order valence-electron chi connectivity index (χ0n) is 18.4. The van der Waals surface area contributed by atoms with Crippen LogP contribution in [-0.2, 0) is 19.7 Å². The summed E-state index contributed by atoms with van der Waals surface area (Å²) in [6.45, 7) is 2.27. The van der Waals surface area contributed by atoms with Crippen LogP contribution < -0.4 is 4.74 Å². The number of carboxylic acids is 2. The molecule has 0 aliphatic rings. The number of rotatable bonds is 15. The van der Waals surface area contributed by atoms with E-state index in [1.807, 2.05) is 6.07 Å². The number of ether oxygens (including phenoxy) is 1. The van der Waals surface area contributed by atoms with E-state index >= 15 is 0 Å². The first-order chi connectivity index (χ1) is 14.6. The van der Waals surface area contributed by atoms with Gasteiger partial charge in [-0.15, -0.1) is 0 Å². The molecular weight excluding hydrogens is 451 g/mol. The monoisotopic (exact) mass is 484 g/mol. The summed E-state index contributed by atoms with van der Waals surface area (Å²) in [5.74, 6) is -2.46. The van der Waals surface area contributed by atoms with E-state index in [4.69, 9.17) is 19.5 Å². The standard InChI is InChI=1S/C17H27O.C4H6O7S.K/c1-3-5-6-7-8-10-13-16(4-2)18-17-14-11-9-12-15-17;5-3(6)1-2(4(7)8)12(9,10)11;/h9,11-12,14-16H,2-8,10,13H2,1H3;2H,1H2,(H,5,6)(H,7,8)(H,9,10,11);. The third kappa shape index (κ3) is 16.8. The van der Waals surface area contributed by atoms with Crippen molar-refractivity contribution >= 4 is 71.0 Å². The van der Waals surface area contributed by atoms with Gasteiger partial charge in [-0.3, -0.25) is 14.1 Å². The number of para-hydroxylation sites is 1. The summed E-state index contributed by atoms with van der Waals surface area (Å²) < 4.78 is 36.2. The molecular formula is C21H33KO8S. The van der Waals surface area contributed by atoms with Gasteiger partial charge in [-0.2, -0.15) is 8.42 Å². The van der Waals surface area contributed by atoms with Gasteiger partial charge in [0.1, 0.15) is 0 Å². The molecule has 0 aliphatic heterocycles. The maximum absolute atomic E-state index is 10.2. The summed E-state index contributed by atoms with van der Waals surface area (Å²) >= 11 is 0.951. The van der Waals surface area contributed by atoms with Crippen molar-refractivity contribution < 1.29 is 37.5 Å². The van der Waals surface area contributed by atoms with Crippen LogP contribution in [0.4, 0.5) is 0 Å². The largest absolute Gasteiger partial charge is 0.481 e. The average Bonchev–Trinajstić information content (AvgIpc) is 2.69. The fourth-order valence-corrected chi connectivity index (χ4v) is 4.52. The van der Waals surface area contributed by atoms with Crippen LogP contribution in [0.5, 0.6) is 5.75 Å². The number of benzene rings is 1. The Morgan fingerprint density at radius 2 is 1.58 bits per heavy atom. The first-order valence-corrected chi connectivity index (χ1v) is 14.5. The number of aliphatic carboxylic acids is 2. The summed E-state index contributed by atoms with van der Waals surface area (Å²) in [4.78, 5) is 20.0. The first-order valence-electron chi connectivity index (χ1n) is 10.7. The Kier molecular flexibility index (Phi) is 17.7. The van der Waals surface area contributed by atoms with Crippen LogP contribution in [0.15, 0.2) is 30.3 Å². The van der Waals surface area contributed by atoms with Crippen molar-refractivity contribution in [3.63, 3.8) is 0 Å². The first kappa shape index (κ1) is 30.5. The third-order valence-corrected chi connectivity index (χ3v) is 6.52. The molecule has 172 valence electrons. The molecule has 10 heteroatoms. The zero-order valence-corrected chi connectivity index (χ0v) is 22.3. The van der Waals surface area contributed by atoms with Gasteiger partial charge in [0.25, 0.3) is 10.1 Å². The molecule has 1 aromatic rings. The van der Waals surface area contributed by atoms with Gasteiger partial charge in [0.15, 0.2) is 5.25 Å². The van der Waals surface area contributed by atoms with E-state index in [0.717, 1.165) is 54.7 Å². The van der Waals surface area contributed by atoms with E-state index in [1.54, 1.807) is 0 Å². The molecule has 0 amide bonds. The molecule has 31 heavy (non-hydrogen) atoms. The van der Waals surface area contributed by atoms with Crippen molar-refractivity contribution in [3.8, 4) is 5.75 Å². The quantitative estimate of drug-likeness (QED) is 0.193. The number of hydrogen-bond acceptors (Lipinski definition) is 5. The number of unbranched alkanes of at least 4 members (excludes halogenated alkanes) is 5. The van der Waals surface area contributed by atoms with Gasteiger partial charge in [-0.05, 0) is 0 Å². The maximum atomic E-state index is 10.2. The van der Waals surface area contributed by atoms with Crippen molar-refractivity contribution in [1.29, 1.82) is 0 Å². The number of hydrogen-bond donors (Lipinski definition) is 3. The Bertz CT molecular complexity index is 724. The molecule has 8 nitrogen and oxygen atoms in total. The van der Waals surface area contributed by atoms with Crippen molar-refractivity contribution in [2.75, 3.05) is 0 Å². The molecule has 0 heterocycles. The van der Waals surface area contributed by atoms with Crippen LogP contribution in [0, 0.1) is 0 Å². The molecule has 2 atom stereocenters. The second kappa shape index (κ2) is 18.0. The maximum Gasteiger partial charge on any atom is 0.325 e. The van der Waals surface area contributed by atoms with E-state index in [9.17, 15) is 18.0 Å². The molecule has 3 N–H and O–H groups in total. The van der Waals surface area contributed by atoms with Crippen molar-refractivity contribution in [3.05, 3.63) is 30.3 Å². The molecule has 0 bridgehead atoms. The van der Waals surface area contributed by atoms with Crippen LogP contribution in [0.1, 0.15) is 64.7 Å². The molecule has 2 unspecified atom stereocenters. The molecule has 0 spiro atoms. The van der Waals surface area contributed by atoms with Crippen LogP contribution >= 0.6 is 0 Å². The van der Waals surface area contributed by atoms with E-state index in [0.29, 0.717) is 6.10 Å². The molecule has 0 fully saturated rings. The summed E-state index contributed by atoms with van der Waals surface area (Å²) in [7, 11) is -4.84. The summed E-state index contributed by atoms with van der Waals surface area (Å²) in [6, 6.07) is 10.3. The van der Waals surface area contributed by atoms with Crippen LogP contribution in [-0.4, -0.2) is 95.4 Å². The zero-order chi connectivity index (χ0) is 23.7. The van der Waals surface area contributed by atoms with Gasteiger partial charge >= 0.3 is 167 Å². The second-order valence-corrected chi connectivity index (χ2v) is 10.5. The minimum Gasteiger partial charge on any atom is -0.481 e. The Balaban J connectivity index is 0.000000649. The van der Waals surface area contributed by atoms with E-state index in [2.05, 4.69) is 31.2 Å². The SMILES string of the molecule is CCCCCCCCC(C[CH2][K])Oc1ccccc1.O=C(O)CC(C(=O)O)S(=O)(=O)O. The fourth-order valence-electron chi connectivity index (χ4n) is 2.91. The van der Waals surface area contributed by atoms with E-state index < -0.39 is 33.7 Å². The van der Waals surface area contributed by atoms with Gasteiger partial charge in [-0.1, -0.05) is 0 Å². The Morgan fingerprint density at radius 1 is 1.00 bits per heavy atom. The van der Waals surface area contributed by atoms with Gasteiger partial charge in [-0.25, -0.2) is 0 Å². The van der Waals surface area contributed by atoms with Crippen LogP contribution in [0.3, 0.4) is 0 Å². The van der Waals surface area contributed by atoms with Crippen molar-refractivity contribution in [2.45, 2.75) is 76.6 Å². The molecule has 0 radical (unpaired) electrons. The van der Waals surface area contributed by atoms with Gasteiger partial charge < -0.3 is 10.2 Å². The van der Waals surface area contributed by atoms with Crippen molar-refractivity contribution in [1.82, 2.24) is 0 Å². The molecule has 1 aromatic carbocycles. The van der Waals surface area contributed by atoms with Crippen LogP contribution in [0.2, 0.25) is 0.515 Å². The van der Waals surface area contributed by atoms with Gasteiger partial charge in [0, 0.05) is 0 Å². The minimum absolute atomic E-state index is 0.448. The summed E-state index contributed by atoms with van der Waals surface area (Å²) in [6.07, 6.45) is 10.0. The van der Waals surface area contributed by atoms with Gasteiger partial charge in [0.2, 0.25) is 0 Å². The molecule has 1 rings (SSSR count). The fraction of sp³-hybridized carbons (Fsp3) is 0.619. The predicted molar refractivity (Wildman–Crippen MR) is 119 cm³/mol. The Hall–Kier alpha value is -0.494. The van der Waals surface area contributed by atoms with Gasteiger partial charge in [0.05, 0.1) is 6.42 Å². The summed E-state index contributed by atoms with van der Waals surface area (Å²) in [5.41, 5.74) is 0. The second-order valence-electron chi connectivity index (χ2n) is 7.34. The normalized spacial score (nSPS) is 12.9. The molecule has 0 aromatic heterocycles. The minimum atomic E-state index is -4.84. The average molecular weight is 485 g/mol. The summed E-state index contributed by atoms with van der Waals surface area (Å²) in [5, 5.41) is 13.9. The Morgan fingerprint density at radius 3 is 2.03 bits per heavy atom. The van der Waals surface area contributed by atoms with E-state index in [1.165, 1.54) is 51.9 Å². The molecule has 0 saturated carbocycles. The molecule has 0 saturated heterocycles. The predicted octanol–water partition coefficient (Wildman–Crippen LogP) is 3.96. The van der Waals surface area contributed by atoms with Crippen LogP contribution in [0.25, 0.3) is 0 Å². The van der Waals surface area contributed by atoms with E-state index in [-0.39, 0.29) is 0 Å². The van der Waals surface area contributed by atoms with Crippen molar-refractivity contribution in [2.24, 2.45) is 0 Å². The Labute approximate surface area is 219 Å². The number of carbonyl (C=O) groups is 2. The topological polar surface area (TPSA) is 138 Å². The molecule has 0 aliphatic carbocycles. The number of carboxylic acid groups (broad SMARTS) is 2. The third-order valence-electron chi connectivity index (χ3n) is 4.53.